The standard InChI is InChI=1S/C13H14F2O2/c1-10-8-11(4-2-3-7-16)5-6-12(10)17-9-13(14)15/h5-6,8,13,16H,3,7,9H2,1H3. The van der Waals surface area contributed by atoms with Crippen LogP contribution in [0.2, 0.25) is 0 Å². The van der Waals surface area contributed by atoms with E-state index in [4.69, 9.17) is 9.84 Å². The third-order valence-corrected chi connectivity index (χ3v) is 2.01. The minimum Gasteiger partial charge on any atom is -0.487 e. The predicted molar refractivity (Wildman–Crippen MR) is 61.3 cm³/mol. The van der Waals surface area contributed by atoms with Crippen LogP contribution in [0, 0.1) is 18.8 Å². The molecular weight excluding hydrogens is 226 g/mol. The minimum atomic E-state index is -2.47. The molecule has 1 aromatic rings. The molecule has 17 heavy (non-hydrogen) atoms. The van der Waals surface area contributed by atoms with Gasteiger partial charge in [-0.05, 0) is 30.7 Å². The fourth-order valence-electron chi connectivity index (χ4n) is 1.26. The third-order valence-electron chi connectivity index (χ3n) is 2.01. The van der Waals surface area contributed by atoms with Gasteiger partial charge in [0.05, 0.1) is 6.61 Å². The number of halogens is 2. The van der Waals surface area contributed by atoms with E-state index in [1.807, 2.05) is 0 Å². The van der Waals surface area contributed by atoms with Gasteiger partial charge in [-0.25, -0.2) is 8.78 Å². The highest BCUT2D eigenvalue weighted by molar-refractivity contribution is 5.43. The maximum absolute atomic E-state index is 12.0. The number of benzene rings is 1. The van der Waals surface area contributed by atoms with Crippen molar-refractivity contribution in [2.75, 3.05) is 13.2 Å². The Morgan fingerprint density at radius 1 is 1.41 bits per heavy atom. The van der Waals surface area contributed by atoms with Gasteiger partial charge in [-0.1, -0.05) is 11.8 Å². The van der Waals surface area contributed by atoms with E-state index in [1.54, 1.807) is 25.1 Å². The molecule has 0 radical (unpaired) electrons. The van der Waals surface area contributed by atoms with Gasteiger partial charge in [0.2, 0.25) is 0 Å². The number of hydrogen-bond donors (Lipinski definition) is 1. The Kier molecular flexibility index (Phi) is 5.44. The van der Waals surface area contributed by atoms with Crippen LogP contribution in [0.1, 0.15) is 17.5 Å². The summed E-state index contributed by atoms with van der Waals surface area (Å²) in [6, 6.07) is 5.10. The van der Waals surface area contributed by atoms with Gasteiger partial charge in [0.25, 0.3) is 6.43 Å². The van der Waals surface area contributed by atoms with Crippen molar-refractivity contribution >= 4 is 0 Å². The maximum atomic E-state index is 12.0. The van der Waals surface area contributed by atoms with E-state index in [0.29, 0.717) is 12.2 Å². The maximum Gasteiger partial charge on any atom is 0.272 e. The van der Waals surface area contributed by atoms with Crippen molar-refractivity contribution < 1.29 is 18.6 Å². The SMILES string of the molecule is Cc1cc(C#CCCO)ccc1OCC(F)F. The summed E-state index contributed by atoms with van der Waals surface area (Å²) < 4.78 is 28.9. The van der Waals surface area contributed by atoms with Gasteiger partial charge in [0.1, 0.15) is 12.4 Å². The second-order valence-electron chi connectivity index (χ2n) is 3.46. The molecule has 0 aliphatic carbocycles. The molecule has 1 aromatic carbocycles. The summed E-state index contributed by atoms with van der Waals surface area (Å²) in [7, 11) is 0. The molecule has 0 atom stereocenters. The molecule has 0 bridgehead atoms. The molecule has 92 valence electrons. The zero-order valence-electron chi connectivity index (χ0n) is 9.54. The van der Waals surface area contributed by atoms with Crippen LogP contribution in [0.4, 0.5) is 8.78 Å². The number of ether oxygens (including phenoxy) is 1. The van der Waals surface area contributed by atoms with E-state index in [-0.39, 0.29) is 6.61 Å². The Balaban J connectivity index is 2.70. The summed E-state index contributed by atoms with van der Waals surface area (Å²) in [4.78, 5) is 0. The van der Waals surface area contributed by atoms with Crippen LogP contribution in [-0.2, 0) is 0 Å². The minimum absolute atomic E-state index is 0.0293. The lowest BCUT2D eigenvalue weighted by Crippen LogP contribution is -2.07. The van der Waals surface area contributed by atoms with Crippen molar-refractivity contribution in [3.8, 4) is 17.6 Å². The van der Waals surface area contributed by atoms with Gasteiger partial charge in [0, 0.05) is 12.0 Å². The van der Waals surface area contributed by atoms with Gasteiger partial charge in [-0.15, -0.1) is 0 Å². The van der Waals surface area contributed by atoms with Crippen molar-refractivity contribution in [2.45, 2.75) is 19.8 Å². The summed E-state index contributed by atoms with van der Waals surface area (Å²) >= 11 is 0. The molecular formula is C13H14F2O2. The molecule has 0 saturated carbocycles. The molecule has 1 N–H and O–H groups in total. The van der Waals surface area contributed by atoms with Gasteiger partial charge in [-0.3, -0.25) is 0 Å². The smallest absolute Gasteiger partial charge is 0.272 e. The molecule has 0 unspecified atom stereocenters. The first kappa shape index (κ1) is 13.5. The quantitative estimate of drug-likeness (QED) is 0.819. The van der Waals surface area contributed by atoms with Crippen LogP contribution in [0.3, 0.4) is 0 Å². The highest BCUT2D eigenvalue weighted by Gasteiger charge is 2.05. The number of rotatable bonds is 4. The molecule has 4 heteroatoms. The Labute approximate surface area is 99.2 Å². The van der Waals surface area contributed by atoms with Gasteiger partial charge in [-0.2, -0.15) is 0 Å². The normalized spacial score (nSPS) is 9.94. The lowest BCUT2D eigenvalue weighted by molar-refractivity contribution is 0.0816. The van der Waals surface area contributed by atoms with E-state index in [0.717, 1.165) is 11.1 Å². The monoisotopic (exact) mass is 240 g/mol. The molecule has 0 amide bonds. The average molecular weight is 240 g/mol. The first-order valence-electron chi connectivity index (χ1n) is 5.25. The zero-order valence-corrected chi connectivity index (χ0v) is 9.54. The molecule has 1 rings (SSSR count). The van der Waals surface area contributed by atoms with Crippen LogP contribution in [0.15, 0.2) is 18.2 Å². The predicted octanol–water partition coefficient (Wildman–Crippen LogP) is 2.37. The van der Waals surface area contributed by atoms with E-state index in [1.165, 1.54) is 0 Å². The number of aliphatic hydroxyl groups is 1. The highest BCUT2D eigenvalue weighted by atomic mass is 19.3. The number of aliphatic hydroxyl groups excluding tert-OH is 1. The van der Waals surface area contributed by atoms with E-state index < -0.39 is 13.0 Å². The van der Waals surface area contributed by atoms with Gasteiger partial charge in [0.15, 0.2) is 0 Å². The molecule has 0 spiro atoms. The van der Waals surface area contributed by atoms with Crippen molar-refractivity contribution in [2.24, 2.45) is 0 Å². The topological polar surface area (TPSA) is 29.5 Å². The van der Waals surface area contributed by atoms with Crippen molar-refractivity contribution in [3.63, 3.8) is 0 Å². The third kappa shape index (κ3) is 4.83. The van der Waals surface area contributed by atoms with Crippen LogP contribution in [0.25, 0.3) is 0 Å². The van der Waals surface area contributed by atoms with Crippen LogP contribution >= 0.6 is 0 Å². The van der Waals surface area contributed by atoms with E-state index in [2.05, 4.69) is 11.8 Å². The Hall–Kier alpha value is -1.60. The van der Waals surface area contributed by atoms with Crippen molar-refractivity contribution in [1.82, 2.24) is 0 Å². The second kappa shape index (κ2) is 6.87. The lowest BCUT2D eigenvalue weighted by Gasteiger charge is -2.08. The highest BCUT2D eigenvalue weighted by Crippen LogP contribution is 2.19. The molecule has 0 fully saturated rings. The molecule has 0 saturated heterocycles. The number of alkyl halides is 2. The molecule has 2 nitrogen and oxygen atoms in total. The molecule has 0 aliphatic rings. The fourth-order valence-corrected chi connectivity index (χ4v) is 1.26. The van der Waals surface area contributed by atoms with Crippen molar-refractivity contribution in [3.05, 3.63) is 29.3 Å². The lowest BCUT2D eigenvalue weighted by atomic mass is 10.1. The van der Waals surface area contributed by atoms with E-state index >= 15 is 0 Å². The largest absolute Gasteiger partial charge is 0.487 e. The van der Waals surface area contributed by atoms with E-state index in [9.17, 15) is 8.78 Å². The summed E-state index contributed by atoms with van der Waals surface area (Å²) in [5.41, 5.74) is 1.54. The van der Waals surface area contributed by atoms with Crippen LogP contribution < -0.4 is 4.74 Å². The molecule has 0 heterocycles. The number of hydrogen-bond acceptors (Lipinski definition) is 2. The summed E-state index contributed by atoms with van der Waals surface area (Å²) in [5, 5.41) is 8.57. The summed E-state index contributed by atoms with van der Waals surface area (Å²) in [6.07, 6.45) is -2.05. The average Bonchev–Trinajstić information content (AvgIpc) is 2.28. The molecule has 0 aliphatic heterocycles. The second-order valence-corrected chi connectivity index (χ2v) is 3.46. The fraction of sp³-hybridized carbons (Fsp3) is 0.385. The van der Waals surface area contributed by atoms with Crippen LogP contribution in [-0.4, -0.2) is 24.7 Å². The Morgan fingerprint density at radius 2 is 2.18 bits per heavy atom. The Bertz CT molecular complexity index is 419. The van der Waals surface area contributed by atoms with Gasteiger partial charge >= 0.3 is 0 Å². The number of aryl methyl sites for hydroxylation is 1. The summed E-state index contributed by atoms with van der Waals surface area (Å²) in [6.45, 7) is 1.20. The Morgan fingerprint density at radius 3 is 2.76 bits per heavy atom. The first-order chi connectivity index (χ1) is 8.13. The summed E-state index contributed by atoms with van der Waals surface area (Å²) in [5.74, 6) is 6.09. The van der Waals surface area contributed by atoms with Crippen molar-refractivity contribution in [1.29, 1.82) is 0 Å². The van der Waals surface area contributed by atoms with Crippen LogP contribution in [0.5, 0.6) is 5.75 Å². The van der Waals surface area contributed by atoms with Gasteiger partial charge < -0.3 is 9.84 Å². The zero-order chi connectivity index (χ0) is 12.7. The molecule has 0 aromatic heterocycles. The first-order valence-corrected chi connectivity index (χ1v) is 5.25.